The maximum absolute atomic E-state index is 13.2. The Labute approximate surface area is 229 Å². The van der Waals surface area contributed by atoms with Gasteiger partial charge in [-0.25, -0.2) is 4.98 Å². The van der Waals surface area contributed by atoms with Crippen LogP contribution in [-0.4, -0.2) is 69.0 Å². The molecule has 2 N–H and O–H groups in total. The molecule has 2 saturated heterocycles. The number of alkyl halides is 3. The Morgan fingerprint density at radius 3 is 2.42 bits per heavy atom. The number of likely N-dealkylation sites (tertiary alicyclic amines) is 1. The van der Waals surface area contributed by atoms with Crippen molar-refractivity contribution in [2.24, 2.45) is 30.5 Å². The molecule has 0 unspecified atom stereocenters. The number of ether oxygens (including phenoxy) is 1. The Bertz CT molecular complexity index is 1380. The quantitative estimate of drug-likeness (QED) is 0.487. The highest BCUT2D eigenvalue weighted by molar-refractivity contribution is 5.93. The van der Waals surface area contributed by atoms with Gasteiger partial charge in [0.1, 0.15) is 29.6 Å². The molecular formula is C27H32F3N7O3. The molecule has 0 bridgehead atoms. The number of aromatic nitrogens is 4. The van der Waals surface area contributed by atoms with E-state index < -0.39 is 17.6 Å². The molecule has 5 heterocycles. The van der Waals surface area contributed by atoms with Crippen LogP contribution in [0.15, 0.2) is 35.1 Å². The third-order valence-corrected chi connectivity index (χ3v) is 8.22. The van der Waals surface area contributed by atoms with Crippen LogP contribution in [0.4, 0.5) is 19.0 Å². The van der Waals surface area contributed by atoms with Gasteiger partial charge in [-0.1, -0.05) is 0 Å². The fraction of sp³-hybridized carbons (Fsp3) is 0.556. The highest BCUT2D eigenvalue weighted by Crippen LogP contribution is 2.48. The summed E-state index contributed by atoms with van der Waals surface area (Å²) in [6.07, 6.45) is -1.22. The SMILES string of the molecule is Cn1nc(-c2ncco2)cc1C(=O)N1C[C@@H]2[C@H](C1)[C@@H]2Oc1cc(C(C)(C)N)cc(N2CCC(C(F)(F)F)CC2)n1. The number of rotatable bonds is 6. The van der Waals surface area contributed by atoms with Crippen molar-refractivity contribution < 1.29 is 27.1 Å². The lowest BCUT2D eigenvalue weighted by atomic mass is 9.94. The average Bonchev–Trinajstić information content (AvgIpc) is 3.41. The fourth-order valence-electron chi connectivity index (χ4n) is 5.76. The van der Waals surface area contributed by atoms with E-state index in [1.165, 1.54) is 17.1 Å². The summed E-state index contributed by atoms with van der Waals surface area (Å²) in [6, 6.07) is 5.33. The predicted molar refractivity (Wildman–Crippen MR) is 138 cm³/mol. The van der Waals surface area contributed by atoms with Gasteiger partial charge in [0.15, 0.2) is 0 Å². The second kappa shape index (κ2) is 9.50. The van der Waals surface area contributed by atoms with E-state index in [1.54, 1.807) is 18.0 Å². The first kappa shape index (κ1) is 26.6. The van der Waals surface area contributed by atoms with Gasteiger partial charge < -0.3 is 24.7 Å². The maximum Gasteiger partial charge on any atom is 0.391 e. The predicted octanol–water partition coefficient (Wildman–Crippen LogP) is 3.59. The first-order chi connectivity index (χ1) is 18.9. The molecule has 10 nitrogen and oxygen atoms in total. The Balaban J connectivity index is 1.12. The van der Waals surface area contributed by atoms with Crippen LogP contribution in [0.5, 0.6) is 5.88 Å². The number of aryl methyl sites for hydroxylation is 1. The molecule has 13 heteroatoms. The molecule has 0 aromatic carbocycles. The summed E-state index contributed by atoms with van der Waals surface area (Å²) < 4.78 is 52.6. The summed E-state index contributed by atoms with van der Waals surface area (Å²) in [6.45, 7) is 5.37. The van der Waals surface area contributed by atoms with E-state index in [1.807, 2.05) is 30.9 Å². The number of pyridine rings is 1. The lowest BCUT2D eigenvalue weighted by Crippen LogP contribution is -2.39. The van der Waals surface area contributed by atoms with E-state index in [-0.39, 0.29) is 49.8 Å². The van der Waals surface area contributed by atoms with Crippen LogP contribution in [0.3, 0.4) is 0 Å². The molecule has 3 fully saturated rings. The van der Waals surface area contributed by atoms with Crippen LogP contribution in [0.1, 0.15) is 42.7 Å². The largest absolute Gasteiger partial charge is 0.474 e. The standard InChI is InChI=1S/C27H32F3N7O3/c1-26(2,31)16-10-21(36-7-4-15(5-8-36)27(28,29)30)33-22(11-16)40-23-17-13-37(14-18(17)23)25(38)20-12-19(34-35(20)3)24-32-6-9-39-24/h6,9-12,15,17-18,23H,4-5,7-8,13-14,31H2,1-3H3/t17-,18+,23-. The van der Waals surface area contributed by atoms with Gasteiger partial charge in [0, 0.05) is 62.7 Å². The van der Waals surface area contributed by atoms with Crippen molar-refractivity contribution in [2.75, 3.05) is 31.1 Å². The van der Waals surface area contributed by atoms with Crippen LogP contribution in [0, 0.1) is 17.8 Å². The molecule has 3 aliphatic rings. The van der Waals surface area contributed by atoms with E-state index in [4.69, 9.17) is 14.9 Å². The molecule has 0 spiro atoms. The van der Waals surface area contributed by atoms with Gasteiger partial charge in [-0.15, -0.1) is 0 Å². The highest BCUT2D eigenvalue weighted by Gasteiger charge is 2.59. The summed E-state index contributed by atoms with van der Waals surface area (Å²) >= 11 is 0. The van der Waals surface area contributed by atoms with E-state index in [9.17, 15) is 18.0 Å². The van der Waals surface area contributed by atoms with Crippen LogP contribution in [0.25, 0.3) is 11.6 Å². The number of carbonyl (C=O) groups is 1. The van der Waals surface area contributed by atoms with Crippen molar-refractivity contribution in [3.63, 3.8) is 0 Å². The third kappa shape index (κ3) is 5.02. The second-order valence-corrected chi connectivity index (χ2v) is 11.6. The average molecular weight is 560 g/mol. The number of carbonyl (C=O) groups excluding carboxylic acids is 1. The molecule has 2 aliphatic heterocycles. The number of oxazole rings is 1. The van der Waals surface area contributed by atoms with Crippen molar-refractivity contribution in [1.82, 2.24) is 24.6 Å². The number of hydrogen-bond donors (Lipinski definition) is 1. The molecule has 3 atom stereocenters. The van der Waals surface area contributed by atoms with E-state index >= 15 is 0 Å². The molecule has 1 amide bonds. The lowest BCUT2D eigenvalue weighted by molar-refractivity contribution is -0.179. The first-order valence-corrected chi connectivity index (χ1v) is 13.4. The fourth-order valence-corrected chi connectivity index (χ4v) is 5.76. The number of fused-ring (bicyclic) bond motifs is 1. The zero-order chi connectivity index (χ0) is 28.4. The van der Waals surface area contributed by atoms with Gasteiger partial charge >= 0.3 is 6.18 Å². The van der Waals surface area contributed by atoms with E-state index in [0.717, 1.165) is 5.56 Å². The summed E-state index contributed by atoms with van der Waals surface area (Å²) in [7, 11) is 1.71. The minimum Gasteiger partial charge on any atom is -0.474 e. The monoisotopic (exact) mass is 559 g/mol. The Morgan fingerprint density at radius 2 is 1.82 bits per heavy atom. The smallest absolute Gasteiger partial charge is 0.391 e. The summed E-state index contributed by atoms with van der Waals surface area (Å²) in [5.74, 6) is 0.275. The maximum atomic E-state index is 13.2. The number of nitrogens with two attached hydrogens (primary N) is 1. The lowest BCUT2D eigenvalue weighted by Gasteiger charge is -2.34. The number of amides is 1. The van der Waals surface area contributed by atoms with Gasteiger partial charge in [0.2, 0.25) is 11.8 Å². The number of hydrogen-bond acceptors (Lipinski definition) is 8. The minimum atomic E-state index is -4.18. The Morgan fingerprint density at radius 1 is 1.12 bits per heavy atom. The van der Waals surface area contributed by atoms with Crippen molar-refractivity contribution in [3.8, 4) is 17.5 Å². The summed E-state index contributed by atoms with van der Waals surface area (Å²) in [4.78, 5) is 25.6. The van der Waals surface area contributed by atoms with Gasteiger partial charge in [-0.05, 0) is 38.3 Å². The molecule has 214 valence electrons. The van der Waals surface area contributed by atoms with Crippen LogP contribution >= 0.6 is 0 Å². The number of halogens is 3. The second-order valence-electron chi connectivity index (χ2n) is 11.6. The van der Waals surface area contributed by atoms with Crippen molar-refractivity contribution in [3.05, 3.63) is 41.9 Å². The summed E-state index contributed by atoms with van der Waals surface area (Å²) in [5.41, 5.74) is 7.44. The molecule has 0 radical (unpaired) electrons. The molecule has 6 rings (SSSR count). The normalized spacial score (nSPS) is 23.4. The van der Waals surface area contributed by atoms with Gasteiger partial charge in [0.05, 0.1) is 12.1 Å². The van der Waals surface area contributed by atoms with Crippen LogP contribution in [-0.2, 0) is 12.6 Å². The third-order valence-electron chi connectivity index (χ3n) is 8.22. The first-order valence-electron chi connectivity index (χ1n) is 13.4. The van der Waals surface area contributed by atoms with Crippen molar-refractivity contribution >= 4 is 11.7 Å². The number of anilines is 1. The minimum absolute atomic E-state index is 0.0322. The van der Waals surface area contributed by atoms with Gasteiger partial charge in [-0.3, -0.25) is 9.48 Å². The molecule has 1 saturated carbocycles. The van der Waals surface area contributed by atoms with Crippen molar-refractivity contribution in [2.45, 2.75) is 44.5 Å². The highest BCUT2D eigenvalue weighted by atomic mass is 19.4. The van der Waals surface area contributed by atoms with Crippen LogP contribution in [0.2, 0.25) is 0 Å². The topological polar surface area (TPSA) is 116 Å². The Hall–Kier alpha value is -3.61. The molecule has 3 aromatic rings. The van der Waals surface area contributed by atoms with Gasteiger partial charge in [0.25, 0.3) is 5.91 Å². The molecule has 3 aromatic heterocycles. The zero-order valence-electron chi connectivity index (χ0n) is 22.6. The molecule has 1 aliphatic carbocycles. The summed E-state index contributed by atoms with van der Waals surface area (Å²) in [5, 5.41) is 4.35. The van der Waals surface area contributed by atoms with E-state index in [2.05, 4.69) is 15.1 Å². The molecular weight excluding hydrogens is 527 g/mol. The Kier molecular flexibility index (Phi) is 6.32. The van der Waals surface area contributed by atoms with Gasteiger partial charge in [-0.2, -0.15) is 23.3 Å². The van der Waals surface area contributed by atoms with E-state index in [0.29, 0.717) is 42.1 Å². The molecule has 40 heavy (non-hydrogen) atoms. The zero-order valence-corrected chi connectivity index (χ0v) is 22.6. The van der Waals surface area contributed by atoms with Crippen molar-refractivity contribution in [1.29, 1.82) is 0 Å². The van der Waals surface area contributed by atoms with Crippen LogP contribution < -0.4 is 15.4 Å². The number of piperidine rings is 2. The number of nitrogens with zero attached hydrogens (tertiary/aromatic N) is 6.